The van der Waals surface area contributed by atoms with Gasteiger partial charge in [0.2, 0.25) is 0 Å². The SMILES string of the molecule is Cc1nc(NCC2CCN(CC(F)(F)F)C2)sc1C. The molecular weight excluding hydrogens is 275 g/mol. The first-order chi connectivity index (χ1) is 8.83. The highest BCUT2D eigenvalue weighted by Crippen LogP contribution is 2.25. The molecule has 2 heterocycles. The Balaban J connectivity index is 1.76. The fourth-order valence-electron chi connectivity index (χ4n) is 2.26. The van der Waals surface area contributed by atoms with E-state index in [9.17, 15) is 13.2 Å². The molecule has 0 saturated carbocycles. The van der Waals surface area contributed by atoms with Gasteiger partial charge in [-0.3, -0.25) is 4.90 Å². The van der Waals surface area contributed by atoms with Gasteiger partial charge in [-0.05, 0) is 32.7 Å². The Morgan fingerprint density at radius 2 is 2.16 bits per heavy atom. The molecule has 7 heteroatoms. The Morgan fingerprint density at radius 1 is 1.42 bits per heavy atom. The predicted molar refractivity (Wildman–Crippen MR) is 70.7 cm³/mol. The normalized spacial score (nSPS) is 21.0. The summed E-state index contributed by atoms with van der Waals surface area (Å²) in [6.45, 7) is 4.91. The van der Waals surface area contributed by atoms with Gasteiger partial charge in [0, 0.05) is 18.0 Å². The van der Waals surface area contributed by atoms with E-state index in [2.05, 4.69) is 10.3 Å². The molecule has 1 aliphatic rings. The zero-order valence-corrected chi connectivity index (χ0v) is 11.9. The third-order valence-electron chi connectivity index (χ3n) is 3.34. The van der Waals surface area contributed by atoms with Crippen molar-refractivity contribution < 1.29 is 13.2 Å². The lowest BCUT2D eigenvalue weighted by Gasteiger charge is -2.17. The van der Waals surface area contributed by atoms with E-state index in [0.717, 1.165) is 17.2 Å². The molecule has 0 bridgehead atoms. The summed E-state index contributed by atoms with van der Waals surface area (Å²) in [4.78, 5) is 7.01. The van der Waals surface area contributed by atoms with Crippen molar-refractivity contribution in [2.24, 2.45) is 5.92 Å². The van der Waals surface area contributed by atoms with Crippen molar-refractivity contribution in [3.63, 3.8) is 0 Å². The summed E-state index contributed by atoms with van der Waals surface area (Å²) in [5, 5.41) is 4.10. The van der Waals surface area contributed by atoms with E-state index in [4.69, 9.17) is 0 Å². The van der Waals surface area contributed by atoms with Crippen LogP contribution >= 0.6 is 11.3 Å². The van der Waals surface area contributed by atoms with Crippen LogP contribution in [0.4, 0.5) is 18.3 Å². The van der Waals surface area contributed by atoms with Gasteiger partial charge in [0.1, 0.15) is 0 Å². The number of nitrogens with zero attached hydrogens (tertiary/aromatic N) is 2. The molecule has 0 amide bonds. The van der Waals surface area contributed by atoms with E-state index in [1.807, 2.05) is 13.8 Å². The summed E-state index contributed by atoms with van der Waals surface area (Å²) in [7, 11) is 0. The molecule has 2 rings (SSSR count). The topological polar surface area (TPSA) is 28.2 Å². The number of rotatable bonds is 4. The summed E-state index contributed by atoms with van der Waals surface area (Å²) >= 11 is 1.59. The van der Waals surface area contributed by atoms with Gasteiger partial charge < -0.3 is 5.32 Å². The first-order valence-electron chi connectivity index (χ1n) is 6.30. The zero-order chi connectivity index (χ0) is 14.0. The maximum Gasteiger partial charge on any atom is 0.401 e. The molecule has 1 fully saturated rings. The molecule has 1 aliphatic heterocycles. The first kappa shape index (κ1) is 14.6. The van der Waals surface area contributed by atoms with Gasteiger partial charge in [-0.25, -0.2) is 4.98 Å². The number of alkyl halides is 3. The number of hydrogen-bond acceptors (Lipinski definition) is 4. The quantitative estimate of drug-likeness (QED) is 0.925. The molecule has 1 aromatic heterocycles. The Kier molecular flexibility index (Phi) is 4.35. The molecule has 0 aliphatic carbocycles. The Hall–Kier alpha value is -0.820. The van der Waals surface area contributed by atoms with E-state index in [-0.39, 0.29) is 5.92 Å². The number of hydrogen-bond donors (Lipinski definition) is 1. The summed E-state index contributed by atoms with van der Waals surface area (Å²) in [5.74, 6) is 0.270. The van der Waals surface area contributed by atoms with Crippen LogP contribution in [0.5, 0.6) is 0 Å². The summed E-state index contributed by atoms with van der Waals surface area (Å²) < 4.78 is 36.8. The molecule has 1 aromatic rings. The van der Waals surface area contributed by atoms with E-state index >= 15 is 0 Å². The minimum atomic E-state index is -4.09. The number of thiazole rings is 1. The lowest BCUT2D eigenvalue weighted by molar-refractivity contribution is -0.143. The number of aryl methyl sites for hydroxylation is 2. The van der Waals surface area contributed by atoms with Crippen molar-refractivity contribution in [1.82, 2.24) is 9.88 Å². The highest BCUT2D eigenvalue weighted by molar-refractivity contribution is 7.15. The summed E-state index contributed by atoms with van der Waals surface area (Å²) in [6.07, 6.45) is -3.28. The van der Waals surface area contributed by atoms with Gasteiger partial charge in [0.05, 0.1) is 12.2 Å². The Labute approximate surface area is 114 Å². The average molecular weight is 293 g/mol. The second kappa shape index (κ2) is 5.66. The summed E-state index contributed by atoms with van der Waals surface area (Å²) in [6, 6.07) is 0. The van der Waals surface area contributed by atoms with Crippen LogP contribution in [0.1, 0.15) is 17.0 Å². The summed E-state index contributed by atoms with van der Waals surface area (Å²) in [5.41, 5.74) is 1.01. The number of likely N-dealkylation sites (tertiary alicyclic amines) is 1. The third kappa shape index (κ3) is 4.35. The van der Waals surface area contributed by atoms with Crippen molar-refractivity contribution in [3.8, 4) is 0 Å². The zero-order valence-electron chi connectivity index (χ0n) is 11.0. The lowest BCUT2D eigenvalue weighted by atomic mass is 10.1. The second-order valence-electron chi connectivity index (χ2n) is 5.05. The van der Waals surface area contributed by atoms with Gasteiger partial charge in [0.25, 0.3) is 0 Å². The molecule has 0 spiro atoms. The lowest BCUT2D eigenvalue weighted by Crippen LogP contribution is -2.33. The largest absolute Gasteiger partial charge is 0.401 e. The fraction of sp³-hybridized carbons (Fsp3) is 0.750. The second-order valence-corrected chi connectivity index (χ2v) is 6.25. The Morgan fingerprint density at radius 3 is 2.74 bits per heavy atom. The van der Waals surface area contributed by atoms with E-state index in [1.54, 1.807) is 11.3 Å². The van der Waals surface area contributed by atoms with Crippen molar-refractivity contribution >= 4 is 16.5 Å². The smallest absolute Gasteiger partial charge is 0.361 e. The molecule has 19 heavy (non-hydrogen) atoms. The molecule has 108 valence electrons. The van der Waals surface area contributed by atoms with Crippen molar-refractivity contribution in [3.05, 3.63) is 10.6 Å². The van der Waals surface area contributed by atoms with Crippen LogP contribution in [0.2, 0.25) is 0 Å². The van der Waals surface area contributed by atoms with Crippen molar-refractivity contribution in [2.45, 2.75) is 26.4 Å². The average Bonchev–Trinajstić information content (AvgIpc) is 2.82. The monoisotopic (exact) mass is 293 g/mol. The standard InChI is InChI=1S/C12H18F3N3S/c1-8-9(2)19-11(17-8)16-5-10-3-4-18(6-10)7-12(13,14)15/h10H,3-7H2,1-2H3,(H,16,17). The van der Waals surface area contributed by atoms with Crippen LogP contribution in [0.25, 0.3) is 0 Å². The number of nitrogens with one attached hydrogen (secondary N) is 1. The van der Waals surface area contributed by atoms with Gasteiger partial charge in [0.15, 0.2) is 5.13 Å². The van der Waals surface area contributed by atoms with E-state index in [1.165, 1.54) is 9.78 Å². The minimum Gasteiger partial charge on any atom is -0.361 e. The molecule has 1 N–H and O–H groups in total. The van der Waals surface area contributed by atoms with Crippen molar-refractivity contribution in [2.75, 3.05) is 31.5 Å². The molecule has 0 radical (unpaired) electrons. The highest BCUT2D eigenvalue weighted by atomic mass is 32.1. The third-order valence-corrected chi connectivity index (χ3v) is 4.37. The first-order valence-corrected chi connectivity index (χ1v) is 7.12. The van der Waals surface area contributed by atoms with Crippen LogP contribution < -0.4 is 5.32 Å². The minimum absolute atomic E-state index is 0.270. The maximum atomic E-state index is 12.3. The van der Waals surface area contributed by atoms with Gasteiger partial charge in [-0.15, -0.1) is 11.3 Å². The molecule has 1 atom stereocenters. The highest BCUT2D eigenvalue weighted by Gasteiger charge is 2.34. The van der Waals surface area contributed by atoms with Gasteiger partial charge >= 0.3 is 6.18 Å². The van der Waals surface area contributed by atoms with Crippen LogP contribution in [-0.4, -0.2) is 42.2 Å². The van der Waals surface area contributed by atoms with E-state index < -0.39 is 12.7 Å². The van der Waals surface area contributed by atoms with Crippen LogP contribution in [0.15, 0.2) is 0 Å². The molecular formula is C12H18F3N3S. The maximum absolute atomic E-state index is 12.3. The molecule has 1 unspecified atom stereocenters. The van der Waals surface area contributed by atoms with E-state index in [0.29, 0.717) is 19.6 Å². The van der Waals surface area contributed by atoms with Crippen LogP contribution in [0.3, 0.4) is 0 Å². The molecule has 3 nitrogen and oxygen atoms in total. The molecule has 0 aromatic carbocycles. The van der Waals surface area contributed by atoms with Gasteiger partial charge in [-0.1, -0.05) is 0 Å². The number of halogens is 3. The number of aromatic nitrogens is 1. The van der Waals surface area contributed by atoms with Crippen molar-refractivity contribution in [1.29, 1.82) is 0 Å². The van der Waals surface area contributed by atoms with Crippen LogP contribution in [-0.2, 0) is 0 Å². The van der Waals surface area contributed by atoms with Crippen LogP contribution in [0, 0.1) is 19.8 Å². The number of anilines is 1. The molecule has 1 saturated heterocycles. The Bertz CT molecular complexity index is 411. The fourth-order valence-corrected chi connectivity index (χ4v) is 3.08. The predicted octanol–water partition coefficient (Wildman–Crippen LogP) is 3.06. The van der Waals surface area contributed by atoms with Gasteiger partial charge in [-0.2, -0.15) is 13.2 Å².